The second kappa shape index (κ2) is 9.98. The second-order valence-corrected chi connectivity index (χ2v) is 1.60. The van der Waals surface area contributed by atoms with Gasteiger partial charge in [0.1, 0.15) is 0 Å². The Morgan fingerprint density at radius 2 is 1.18 bits per heavy atom. The van der Waals surface area contributed by atoms with Gasteiger partial charge in [-0.1, -0.05) is 0 Å². The van der Waals surface area contributed by atoms with E-state index in [0.29, 0.717) is 0 Å². The van der Waals surface area contributed by atoms with E-state index in [1.165, 1.54) is 0 Å². The minimum absolute atomic E-state index is 0. The molecule has 0 aliphatic heterocycles. The molecule has 0 aromatic rings. The van der Waals surface area contributed by atoms with Crippen LogP contribution < -0.4 is 10.2 Å². The van der Waals surface area contributed by atoms with E-state index in [2.05, 4.69) is 0 Å². The molecular formula is C5H6Cu2O4. The molecule has 0 aromatic heterocycles. The predicted molar refractivity (Wildman–Crippen MR) is 23.9 cm³/mol. The molecule has 0 unspecified atom stereocenters. The van der Waals surface area contributed by atoms with Crippen molar-refractivity contribution in [3.05, 3.63) is 0 Å². The van der Waals surface area contributed by atoms with Gasteiger partial charge >= 0.3 is 34.1 Å². The normalized spacial score (nSPS) is 7.27. The van der Waals surface area contributed by atoms with Crippen LogP contribution in [0.15, 0.2) is 0 Å². The summed E-state index contributed by atoms with van der Waals surface area (Å²) in [6.07, 6.45) is -0.341. The van der Waals surface area contributed by atoms with Crippen LogP contribution in [-0.4, -0.2) is 11.9 Å². The van der Waals surface area contributed by atoms with Gasteiger partial charge in [-0.15, -0.1) is 0 Å². The molecule has 0 radical (unpaired) electrons. The molecular weight excluding hydrogens is 251 g/mol. The van der Waals surface area contributed by atoms with Crippen molar-refractivity contribution in [2.24, 2.45) is 0 Å². The maximum absolute atomic E-state index is 9.66. The Balaban J connectivity index is -0.000000320. The van der Waals surface area contributed by atoms with Crippen molar-refractivity contribution in [3.8, 4) is 0 Å². The van der Waals surface area contributed by atoms with Crippen LogP contribution in [-0.2, 0) is 43.7 Å². The summed E-state index contributed by atoms with van der Waals surface area (Å²) in [7, 11) is 0. The smallest absolute Gasteiger partial charge is 0.550 e. The molecule has 72 valence electrons. The molecule has 11 heavy (non-hydrogen) atoms. The van der Waals surface area contributed by atoms with Crippen LogP contribution in [0.2, 0.25) is 0 Å². The monoisotopic (exact) mass is 256 g/mol. The van der Waals surface area contributed by atoms with Gasteiger partial charge in [-0.05, 0) is 19.3 Å². The van der Waals surface area contributed by atoms with Gasteiger partial charge in [-0.25, -0.2) is 0 Å². The van der Waals surface area contributed by atoms with Gasteiger partial charge in [-0.2, -0.15) is 0 Å². The molecule has 6 heteroatoms. The van der Waals surface area contributed by atoms with E-state index in [-0.39, 0.29) is 53.4 Å². The summed E-state index contributed by atoms with van der Waals surface area (Å²) in [5.41, 5.74) is 0. The molecule has 0 N–H and O–H groups in total. The van der Waals surface area contributed by atoms with Gasteiger partial charge in [0.2, 0.25) is 0 Å². The Morgan fingerprint density at radius 3 is 1.36 bits per heavy atom. The summed E-state index contributed by atoms with van der Waals surface area (Å²) in [4.78, 5) is 19.3. The fourth-order valence-electron chi connectivity index (χ4n) is 0.377. The molecule has 0 aliphatic rings. The number of carbonyl (C=O) groups is 2. The zero-order chi connectivity index (χ0) is 7.28. The van der Waals surface area contributed by atoms with Gasteiger partial charge in [0.05, 0.1) is 0 Å². The molecule has 0 saturated heterocycles. The van der Waals surface area contributed by atoms with Crippen molar-refractivity contribution >= 4 is 11.9 Å². The maximum Gasteiger partial charge on any atom is 1.00 e. The molecule has 0 spiro atoms. The first kappa shape index (κ1) is 17.2. The Hall–Kier alpha value is -0.0210. The van der Waals surface area contributed by atoms with Crippen LogP contribution in [0.3, 0.4) is 0 Å². The number of aliphatic carboxylic acids is 2. The summed E-state index contributed by atoms with van der Waals surface area (Å²) in [5.74, 6) is -2.45. The number of carboxylic acid groups (broad SMARTS) is 2. The van der Waals surface area contributed by atoms with E-state index >= 15 is 0 Å². The first-order chi connectivity index (χ1) is 4.13. The van der Waals surface area contributed by atoms with Crippen LogP contribution in [0.1, 0.15) is 19.3 Å². The first-order valence-corrected chi connectivity index (χ1v) is 2.52. The van der Waals surface area contributed by atoms with E-state index in [1.807, 2.05) is 0 Å². The van der Waals surface area contributed by atoms with Gasteiger partial charge in [-0.3, -0.25) is 0 Å². The van der Waals surface area contributed by atoms with Crippen LogP contribution in [0.5, 0.6) is 0 Å². The largest absolute Gasteiger partial charge is 1.00 e. The summed E-state index contributed by atoms with van der Waals surface area (Å²) in [6.45, 7) is 0. The molecule has 0 heterocycles. The molecule has 0 bridgehead atoms. The van der Waals surface area contributed by atoms with Crippen molar-refractivity contribution in [2.75, 3.05) is 0 Å². The zero-order valence-corrected chi connectivity index (χ0v) is 7.24. The topological polar surface area (TPSA) is 80.3 Å². The molecule has 0 fully saturated rings. The van der Waals surface area contributed by atoms with Crippen LogP contribution in [0, 0.1) is 0 Å². The minimum atomic E-state index is -1.23. The maximum atomic E-state index is 9.66. The predicted octanol–water partition coefficient (Wildman–Crippen LogP) is -2.35. The van der Waals surface area contributed by atoms with E-state index < -0.39 is 11.9 Å². The van der Waals surface area contributed by atoms with Gasteiger partial charge in [0.25, 0.3) is 0 Å². The average molecular weight is 257 g/mol. The number of hydrogen-bond donors (Lipinski definition) is 0. The molecule has 0 aliphatic carbocycles. The van der Waals surface area contributed by atoms with E-state index in [9.17, 15) is 19.8 Å². The van der Waals surface area contributed by atoms with Gasteiger partial charge < -0.3 is 19.8 Å². The molecule has 0 aromatic carbocycles. The van der Waals surface area contributed by atoms with Crippen LogP contribution in [0.4, 0.5) is 0 Å². The van der Waals surface area contributed by atoms with Gasteiger partial charge in [0.15, 0.2) is 0 Å². The molecule has 4 nitrogen and oxygen atoms in total. The SMILES string of the molecule is O=C([O-])CCCC(=O)[O-].[Cu+].[Cu+]. The van der Waals surface area contributed by atoms with Crippen LogP contribution >= 0.6 is 0 Å². The molecule has 0 rings (SSSR count). The Kier molecular flexibility index (Phi) is 15.6. The van der Waals surface area contributed by atoms with Crippen molar-refractivity contribution in [1.82, 2.24) is 0 Å². The third kappa shape index (κ3) is 17.8. The van der Waals surface area contributed by atoms with Crippen molar-refractivity contribution in [1.29, 1.82) is 0 Å². The van der Waals surface area contributed by atoms with Gasteiger partial charge in [0, 0.05) is 11.9 Å². The Bertz CT molecular complexity index is 112. The quantitative estimate of drug-likeness (QED) is 0.528. The standard InChI is InChI=1S/C5H8O4.2Cu/c6-4(7)2-1-3-5(8)9;;/h1-3H2,(H,6,7)(H,8,9);;/q;2*+1/p-2. The van der Waals surface area contributed by atoms with E-state index in [1.54, 1.807) is 0 Å². The third-order valence-corrected chi connectivity index (χ3v) is 0.762. The summed E-state index contributed by atoms with van der Waals surface area (Å²) >= 11 is 0. The molecule has 0 atom stereocenters. The molecule has 0 amide bonds. The number of hydrogen-bond acceptors (Lipinski definition) is 4. The zero-order valence-electron chi connectivity index (χ0n) is 5.36. The number of carboxylic acids is 2. The Labute approximate surface area is 85.3 Å². The van der Waals surface area contributed by atoms with Crippen molar-refractivity contribution in [3.63, 3.8) is 0 Å². The fourth-order valence-corrected chi connectivity index (χ4v) is 0.377. The molecule has 0 saturated carbocycles. The van der Waals surface area contributed by atoms with Crippen molar-refractivity contribution in [2.45, 2.75) is 19.3 Å². The second-order valence-electron chi connectivity index (χ2n) is 1.60. The average Bonchev–Trinajstić information content (AvgIpc) is 1.63. The van der Waals surface area contributed by atoms with Crippen LogP contribution in [0.25, 0.3) is 0 Å². The summed E-state index contributed by atoms with van der Waals surface area (Å²) in [6, 6.07) is 0. The number of rotatable bonds is 4. The number of carbonyl (C=O) groups excluding carboxylic acids is 2. The summed E-state index contributed by atoms with van der Waals surface area (Å²) in [5, 5.41) is 19.3. The fraction of sp³-hybridized carbons (Fsp3) is 0.600. The third-order valence-electron chi connectivity index (χ3n) is 0.762. The summed E-state index contributed by atoms with van der Waals surface area (Å²) < 4.78 is 0. The van der Waals surface area contributed by atoms with Crippen molar-refractivity contribution < 1.29 is 53.9 Å². The Morgan fingerprint density at radius 1 is 0.909 bits per heavy atom. The van der Waals surface area contributed by atoms with E-state index in [4.69, 9.17) is 0 Å². The van der Waals surface area contributed by atoms with E-state index in [0.717, 1.165) is 0 Å². The first-order valence-electron chi connectivity index (χ1n) is 2.52. The minimum Gasteiger partial charge on any atom is -0.550 e.